The van der Waals surface area contributed by atoms with Gasteiger partial charge in [0.1, 0.15) is 17.4 Å². The minimum Gasteiger partial charge on any atom is -0.484 e. The molecule has 8 nitrogen and oxygen atoms in total. The van der Waals surface area contributed by atoms with Crippen molar-refractivity contribution in [3.05, 3.63) is 50.1 Å². The summed E-state index contributed by atoms with van der Waals surface area (Å²) >= 11 is 15.0. The molecule has 37 heavy (non-hydrogen) atoms. The summed E-state index contributed by atoms with van der Waals surface area (Å²) in [5.41, 5.74) is 1.52. The summed E-state index contributed by atoms with van der Waals surface area (Å²) in [6.07, 6.45) is 3.61. The smallest absolute Gasteiger partial charge is 0.341 e. The van der Waals surface area contributed by atoms with Gasteiger partial charge in [0.2, 0.25) is 5.91 Å². The maximum atomic E-state index is 12.9. The topological polar surface area (TPSA) is 95.3 Å². The van der Waals surface area contributed by atoms with Gasteiger partial charge in [0.15, 0.2) is 11.0 Å². The van der Waals surface area contributed by atoms with Gasteiger partial charge in [0.05, 0.1) is 22.4 Å². The third-order valence-corrected chi connectivity index (χ3v) is 8.38. The highest BCUT2D eigenvalue weighted by atomic mass is 35.5. The summed E-state index contributed by atoms with van der Waals surface area (Å²) in [5.74, 6) is 0.564. The van der Waals surface area contributed by atoms with Crippen LogP contribution < -0.4 is 10.1 Å². The Kier molecular flexibility index (Phi) is 9.39. The van der Waals surface area contributed by atoms with E-state index >= 15 is 0 Å². The van der Waals surface area contributed by atoms with Gasteiger partial charge >= 0.3 is 5.97 Å². The van der Waals surface area contributed by atoms with E-state index < -0.39 is 0 Å². The van der Waals surface area contributed by atoms with Crippen LogP contribution in [0.3, 0.4) is 0 Å². The first-order valence-electron chi connectivity index (χ1n) is 12.0. The van der Waals surface area contributed by atoms with Gasteiger partial charge < -0.3 is 19.4 Å². The lowest BCUT2D eigenvalue weighted by atomic mass is 9.95. The molecule has 12 heteroatoms. The van der Waals surface area contributed by atoms with Gasteiger partial charge in [0, 0.05) is 22.5 Å². The Balaban J connectivity index is 1.42. The van der Waals surface area contributed by atoms with Crippen LogP contribution in [0, 0.1) is 0 Å². The Morgan fingerprint density at radius 1 is 1.22 bits per heavy atom. The van der Waals surface area contributed by atoms with Crippen molar-refractivity contribution in [3.63, 3.8) is 0 Å². The number of fused-ring (bicyclic) bond motifs is 1. The summed E-state index contributed by atoms with van der Waals surface area (Å²) in [5, 5.41) is 13.5. The maximum absolute atomic E-state index is 12.9. The molecule has 0 radical (unpaired) electrons. The molecule has 2 heterocycles. The Bertz CT molecular complexity index is 1290. The monoisotopic (exact) mass is 582 g/mol. The zero-order valence-corrected chi connectivity index (χ0v) is 24.0. The summed E-state index contributed by atoms with van der Waals surface area (Å²) in [6.45, 7) is 6.35. The van der Waals surface area contributed by atoms with E-state index in [1.54, 1.807) is 18.2 Å². The van der Waals surface area contributed by atoms with Crippen LogP contribution in [0.2, 0.25) is 10.0 Å². The quantitative estimate of drug-likeness (QED) is 0.217. The van der Waals surface area contributed by atoms with Crippen LogP contribution in [0.25, 0.3) is 0 Å². The molecule has 198 valence electrons. The fourth-order valence-electron chi connectivity index (χ4n) is 4.02. The zero-order chi connectivity index (χ0) is 26.5. The van der Waals surface area contributed by atoms with E-state index in [-0.39, 0.29) is 30.3 Å². The summed E-state index contributed by atoms with van der Waals surface area (Å²) < 4.78 is 13.2. The van der Waals surface area contributed by atoms with Gasteiger partial charge in [-0.3, -0.25) is 4.79 Å². The molecule has 1 aliphatic carbocycles. The van der Waals surface area contributed by atoms with E-state index in [9.17, 15) is 9.59 Å². The number of ether oxygens (including phenoxy) is 2. The Labute approximate surface area is 234 Å². The molecule has 0 fully saturated rings. The number of esters is 1. The minimum atomic E-state index is -0.382. The number of thioether (sulfide) groups is 1. The van der Waals surface area contributed by atoms with Gasteiger partial charge in [-0.05, 0) is 64.2 Å². The number of carbonyl (C=O) groups excluding carboxylic acids is 2. The van der Waals surface area contributed by atoms with E-state index in [1.165, 1.54) is 23.1 Å². The molecule has 0 bridgehead atoms. The number of anilines is 1. The van der Waals surface area contributed by atoms with Crippen LogP contribution in [0.5, 0.6) is 5.75 Å². The fraction of sp³-hybridized carbons (Fsp3) is 0.440. The standard InChI is InChI=1S/C25H28Cl2N4O4S2/c1-4-31-20(12-34-18-11-15(26)9-10-17(18)27)29-30-25(31)36-13-21(32)28-23-22(24(33)35-14(2)3)16-7-5-6-8-19(16)37-23/h9-11,14H,4-8,12-13H2,1-3H3,(H,28,32). The average Bonchev–Trinajstić information content (AvgIpc) is 3.42. The average molecular weight is 584 g/mol. The highest BCUT2D eigenvalue weighted by Crippen LogP contribution is 2.39. The molecule has 0 saturated heterocycles. The third kappa shape index (κ3) is 6.79. The number of aryl methyl sites for hydroxylation is 1. The number of nitrogens with one attached hydrogen (secondary N) is 1. The van der Waals surface area contributed by atoms with Gasteiger partial charge in [-0.1, -0.05) is 35.0 Å². The molecule has 1 N–H and O–H groups in total. The third-order valence-electron chi connectivity index (χ3n) is 5.66. The van der Waals surface area contributed by atoms with E-state index in [4.69, 9.17) is 32.7 Å². The van der Waals surface area contributed by atoms with Crippen molar-refractivity contribution in [3.8, 4) is 5.75 Å². The zero-order valence-electron chi connectivity index (χ0n) is 20.8. The van der Waals surface area contributed by atoms with Gasteiger partial charge in [0.25, 0.3) is 0 Å². The molecule has 1 aromatic carbocycles. The Morgan fingerprint density at radius 2 is 2.00 bits per heavy atom. The van der Waals surface area contributed by atoms with Crippen LogP contribution in [0.15, 0.2) is 23.4 Å². The van der Waals surface area contributed by atoms with E-state index in [2.05, 4.69) is 15.5 Å². The molecule has 1 amide bonds. The van der Waals surface area contributed by atoms with Crippen LogP contribution in [0.1, 0.15) is 60.2 Å². The lowest BCUT2D eigenvalue weighted by Crippen LogP contribution is -2.19. The number of thiophene rings is 1. The Hall–Kier alpha value is -2.27. The maximum Gasteiger partial charge on any atom is 0.341 e. The first kappa shape index (κ1) is 27.8. The SMILES string of the molecule is CCn1c(COc2cc(Cl)ccc2Cl)nnc1SCC(=O)Nc1sc2c(c1C(=O)OC(C)C)CCCC2. The second kappa shape index (κ2) is 12.5. The van der Waals surface area contributed by atoms with Crippen LogP contribution >= 0.6 is 46.3 Å². The van der Waals surface area contributed by atoms with Crippen molar-refractivity contribution in [2.75, 3.05) is 11.1 Å². The molecule has 0 aliphatic heterocycles. The molecule has 3 aromatic rings. The molecule has 0 saturated carbocycles. The summed E-state index contributed by atoms with van der Waals surface area (Å²) in [4.78, 5) is 26.9. The minimum absolute atomic E-state index is 0.111. The highest BCUT2D eigenvalue weighted by molar-refractivity contribution is 7.99. The Morgan fingerprint density at radius 3 is 2.76 bits per heavy atom. The molecular weight excluding hydrogens is 555 g/mol. The number of rotatable bonds is 10. The molecule has 0 unspecified atom stereocenters. The van der Waals surface area contributed by atoms with E-state index in [0.717, 1.165) is 36.1 Å². The molecular formula is C25H28Cl2N4O4S2. The van der Waals surface area contributed by atoms with Crippen molar-refractivity contribution < 1.29 is 19.1 Å². The van der Waals surface area contributed by atoms with Crippen LogP contribution in [0.4, 0.5) is 5.00 Å². The lowest BCUT2D eigenvalue weighted by Gasteiger charge is -2.14. The number of carbonyl (C=O) groups is 2. The van der Waals surface area contributed by atoms with E-state index in [0.29, 0.717) is 43.9 Å². The molecule has 1 aliphatic rings. The molecule has 2 aromatic heterocycles. The largest absolute Gasteiger partial charge is 0.484 e. The van der Waals surface area contributed by atoms with Crippen molar-refractivity contribution in [2.24, 2.45) is 0 Å². The van der Waals surface area contributed by atoms with Crippen molar-refractivity contribution in [1.82, 2.24) is 14.8 Å². The van der Waals surface area contributed by atoms with Gasteiger partial charge in [-0.25, -0.2) is 4.79 Å². The van der Waals surface area contributed by atoms with Gasteiger partial charge in [-0.15, -0.1) is 21.5 Å². The first-order chi connectivity index (χ1) is 17.8. The van der Waals surface area contributed by atoms with Crippen LogP contribution in [-0.2, 0) is 35.5 Å². The molecule has 4 rings (SSSR count). The van der Waals surface area contributed by atoms with Crippen molar-refractivity contribution in [2.45, 2.75) is 70.9 Å². The predicted molar refractivity (Wildman–Crippen MR) is 147 cm³/mol. The number of benzene rings is 1. The number of nitrogens with zero attached hydrogens (tertiary/aromatic N) is 3. The van der Waals surface area contributed by atoms with Crippen molar-refractivity contribution in [1.29, 1.82) is 0 Å². The second-order valence-corrected chi connectivity index (χ2v) is 11.6. The number of aromatic nitrogens is 3. The summed E-state index contributed by atoms with van der Waals surface area (Å²) in [7, 11) is 0. The van der Waals surface area contributed by atoms with Crippen molar-refractivity contribution >= 4 is 63.2 Å². The number of halogens is 2. The number of amides is 1. The number of hydrogen-bond donors (Lipinski definition) is 1. The second-order valence-electron chi connectivity index (χ2n) is 8.71. The lowest BCUT2D eigenvalue weighted by molar-refractivity contribution is -0.113. The molecule has 0 spiro atoms. The fourth-order valence-corrected chi connectivity index (χ4v) is 6.47. The normalized spacial score (nSPS) is 12.9. The predicted octanol–water partition coefficient (Wildman–Crippen LogP) is 6.42. The molecule has 0 atom stereocenters. The number of hydrogen-bond acceptors (Lipinski definition) is 8. The van der Waals surface area contributed by atoms with E-state index in [1.807, 2.05) is 25.3 Å². The first-order valence-corrected chi connectivity index (χ1v) is 14.6. The van der Waals surface area contributed by atoms with Crippen LogP contribution in [-0.4, -0.2) is 38.5 Å². The summed E-state index contributed by atoms with van der Waals surface area (Å²) in [6, 6.07) is 5.00. The van der Waals surface area contributed by atoms with Gasteiger partial charge in [-0.2, -0.15) is 0 Å². The highest BCUT2D eigenvalue weighted by Gasteiger charge is 2.28.